The smallest absolute Gasteiger partial charge is 0.220 e. The highest BCUT2D eigenvalue weighted by molar-refractivity contribution is 5.77. The Morgan fingerprint density at radius 1 is 0.435 bits per heavy atom. The minimum absolute atomic E-state index is 0.116. The van der Waals surface area contributed by atoms with E-state index in [0.717, 1.165) is 0 Å². The van der Waals surface area contributed by atoms with Crippen molar-refractivity contribution < 1.29 is 57.0 Å². The van der Waals surface area contributed by atoms with Gasteiger partial charge in [-0.15, -0.1) is 0 Å². The molecule has 62 heavy (non-hydrogen) atoms. The van der Waals surface area contributed by atoms with Gasteiger partial charge in [-0.1, -0.05) is 0 Å². The van der Waals surface area contributed by atoms with Crippen LogP contribution in [-0.4, -0.2) is 188 Å². The molecule has 25 nitrogen and oxygen atoms in total. The molecule has 0 aromatic carbocycles. The number of aromatic nitrogens is 9. The van der Waals surface area contributed by atoms with E-state index in [0.29, 0.717) is 156 Å². The second-order valence-electron chi connectivity index (χ2n) is 13.6. The lowest BCUT2D eigenvalue weighted by Crippen LogP contribution is -2.44. The van der Waals surface area contributed by atoms with Crippen LogP contribution in [0.1, 0.15) is 55.6 Å². The molecule has 0 unspecified atom stereocenters. The highest BCUT2D eigenvalue weighted by atomic mass is 16.6. The van der Waals surface area contributed by atoms with Gasteiger partial charge in [0.2, 0.25) is 17.7 Å². The highest BCUT2D eigenvalue weighted by Crippen LogP contribution is 2.23. The van der Waals surface area contributed by atoms with Crippen LogP contribution in [0.3, 0.4) is 0 Å². The fraction of sp³-hybridized carbons (Fsp3) is 0.757. The Morgan fingerprint density at radius 2 is 0.694 bits per heavy atom. The van der Waals surface area contributed by atoms with Crippen molar-refractivity contribution in [3.05, 3.63) is 35.7 Å². The van der Waals surface area contributed by atoms with E-state index in [4.69, 9.17) is 48.4 Å². The van der Waals surface area contributed by atoms with Crippen molar-refractivity contribution in [3.63, 3.8) is 0 Å². The Morgan fingerprint density at radius 3 is 0.952 bits per heavy atom. The fourth-order valence-corrected chi connectivity index (χ4v) is 5.25. The number of hydrogen-bond acceptors (Lipinski definition) is 19. The predicted octanol–water partition coefficient (Wildman–Crippen LogP) is -1.52. The Kier molecular flexibility index (Phi) is 29.2. The quantitative estimate of drug-likeness (QED) is 0.0318. The molecular formula is C37H65N13O12. The summed E-state index contributed by atoms with van der Waals surface area (Å²) in [6.07, 6.45) is 5.94. The highest BCUT2D eigenvalue weighted by Gasteiger charge is 2.27. The summed E-state index contributed by atoms with van der Waals surface area (Å²) >= 11 is 0. The summed E-state index contributed by atoms with van der Waals surface area (Å²) < 4.78 is 49.3. The minimum Gasteiger partial charge on any atom is -0.377 e. The van der Waals surface area contributed by atoms with E-state index in [9.17, 15) is 14.4 Å². The lowest BCUT2D eigenvalue weighted by Gasteiger charge is -2.29. The Bertz CT molecular complexity index is 1330. The molecular weight excluding hydrogens is 818 g/mol. The molecule has 0 saturated heterocycles. The Balaban J connectivity index is 1.24. The van der Waals surface area contributed by atoms with Gasteiger partial charge >= 0.3 is 0 Å². The molecule has 0 saturated carbocycles. The average Bonchev–Trinajstić information content (AvgIpc) is 4.11. The van der Waals surface area contributed by atoms with Crippen molar-refractivity contribution >= 4 is 17.7 Å². The minimum atomic E-state index is -0.947. The van der Waals surface area contributed by atoms with Gasteiger partial charge in [0.1, 0.15) is 17.1 Å². The fourth-order valence-electron chi connectivity index (χ4n) is 5.25. The number of carbonyl (C=O) groups excluding carboxylic acids is 3. The van der Waals surface area contributed by atoms with Gasteiger partial charge < -0.3 is 64.3 Å². The molecule has 3 rings (SSSR count). The Labute approximate surface area is 360 Å². The molecule has 0 aliphatic rings. The molecule has 0 bridgehead atoms. The second kappa shape index (κ2) is 35.0. The number of nitrogens with two attached hydrogens (primary N) is 1. The van der Waals surface area contributed by atoms with Gasteiger partial charge in [0.05, 0.1) is 138 Å². The number of amides is 3. The van der Waals surface area contributed by atoms with Crippen LogP contribution in [0.15, 0.2) is 18.6 Å². The van der Waals surface area contributed by atoms with Gasteiger partial charge in [0, 0.05) is 44.4 Å². The van der Waals surface area contributed by atoms with E-state index in [1.165, 1.54) is 0 Å². The number of nitrogens with one attached hydrogen (secondary N) is 6. The molecule has 3 aromatic heterocycles. The summed E-state index contributed by atoms with van der Waals surface area (Å²) in [6.45, 7) is 7.60. The number of aromatic amines is 3. The molecule has 0 aliphatic heterocycles. The van der Waals surface area contributed by atoms with Gasteiger partial charge in [-0.25, -0.2) is 0 Å². The zero-order valence-corrected chi connectivity index (χ0v) is 35.5. The number of hydrogen-bond donors (Lipinski definition) is 7. The third-order valence-corrected chi connectivity index (χ3v) is 8.63. The summed E-state index contributed by atoms with van der Waals surface area (Å²) in [4.78, 5) is 38.1. The Hall–Kier alpha value is -4.57. The lowest BCUT2D eigenvalue weighted by atomic mass is 9.84. The third-order valence-electron chi connectivity index (χ3n) is 8.63. The normalized spacial score (nSPS) is 11.6. The molecule has 0 aliphatic carbocycles. The van der Waals surface area contributed by atoms with Crippen LogP contribution in [0.25, 0.3) is 0 Å². The molecule has 0 spiro atoms. The summed E-state index contributed by atoms with van der Waals surface area (Å²) in [5.41, 5.74) is 7.96. The largest absolute Gasteiger partial charge is 0.377 e. The van der Waals surface area contributed by atoms with E-state index in [-0.39, 0.29) is 56.2 Å². The van der Waals surface area contributed by atoms with Crippen LogP contribution >= 0.6 is 0 Å². The van der Waals surface area contributed by atoms with Crippen LogP contribution in [0.4, 0.5) is 0 Å². The summed E-state index contributed by atoms with van der Waals surface area (Å²) in [7, 11) is 0. The maximum absolute atomic E-state index is 12.7. The first kappa shape index (κ1) is 51.8. The molecule has 0 atom stereocenters. The first-order valence-corrected chi connectivity index (χ1v) is 20.7. The van der Waals surface area contributed by atoms with Crippen LogP contribution in [0.2, 0.25) is 0 Å². The van der Waals surface area contributed by atoms with E-state index < -0.39 is 5.54 Å². The second-order valence-corrected chi connectivity index (χ2v) is 13.6. The number of rotatable bonds is 42. The van der Waals surface area contributed by atoms with Crippen molar-refractivity contribution in [3.8, 4) is 0 Å². The number of carbonyl (C=O) groups is 3. The lowest BCUT2D eigenvalue weighted by molar-refractivity contribution is -0.121. The molecule has 3 amide bonds. The monoisotopic (exact) mass is 883 g/mol. The maximum Gasteiger partial charge on any atom is 0.220 e. The van der Waals surface area contributed by atoms with Gasteiger partial charge in [0.25, 0.3) is 0 Å². The summed E-state index contributed by atoms with van der Waals surface area (Å²) in [5.74, 6) is -0.630. The molecule has 350 valence electrons. The van der Waals surface area contributed by atoms with E-state index in [2.05, 4.69) is 62.2 Å². The van der Waals surface area contributed by atoms with Gasteiger partial charge in [-0.3, -0.25) is 14.4 Å². The van der Waals surface area contributed by atoms with Crippen molar-refractivity contribution in [1.29, 1.82) is 0 Å². The molecule has 3 aromatic rings. The number of ether oxygens (including phenoxy) is 9. The molecule has 8 N–H and O–H groups in total. The predicted molar refractivity (Wildman–Crippen MR) is 217 cm³/mol. The zero-order chi connectivity index (χ0) is 44.0. The number of H-pyrrole nitrogens is 3. The van der Waals surface area contributed by atoms with Crippen molar-refractivity contribution in [2.45, 2.75) is 63.9 Å². The average molecular weight is 884 g/mol. The van der Waals surface area contributed by atoms with Gasteiger partial charge in [0.15, 0.2) is 0 Å². The van der Waals surface area contributed by atoms with Crippen molar-refractivity contribution in [2.75, 3.05) is 119 Å². The van der Waals surface area contributed by atoms with Crippen molar-refractivity contribution in [1.82, 2.24) is 62.2 Å². The third kappa shape index (κ3) is 28.1. The van der Waals surface area contributed by atoms with Crippen LogP contribution in [0, 0.1) is 0 Å². The molecule has 3 heterocycles. The van der Waals surface area contributed by atoms with Crippen molar-refractivity contribution in [2.24, 2.45) is 5.73 Å². The van der Waals surface area contributed by atoms with Gasteiger partial charge in [-0.2, -0.15) is 46.2 Å². The maximum atomic E-state index is 12.7. The van der Waals surface area contributed by atoms with E-state index in [1.54, 1.807) is 18.6 Å². The number of nitrogens with zero attached hydrogens (tertiary/aromatic N) is 6. The molecule has 25 heteroatoms. The summed E-state index contributed by atoms with van der Waals surface area (Å²) in [5, 5.41) is 38.9. The van der Waals surface area contributed by atoms with E-state index in [1.807, 2.05) is 0 Å². The van der Waals surface area contributed by atoms with Crippen LogP contribution < -0.4 is 21.7 Å². The molecule has 0 fully saturated rings. The van der Waals surface area contributed by atoms with Gasteiger partial charge in [-0.05, 0) is 19.3 Å². The molecule has 0 radical (unpaired) electrons. The first-order chi connectivity index (χ1) is 30.4. The summed E-state index contributed by atoms with van der Waals surface area (Å²) in [6, 6.07) is 0. The zero-order valence-electron chi connectivity index (χ0n) is 35.5. The van der Waals surface area contributed by atoms with Crippen LogP contribution in [-0.2, 0) is 76.8 Å². The van der Waals surface area contributed by atoms with E-state index >= 15 is 0 Å². The first-order valence-electron chi connectivity index (χ1n) is 20.7. The SMILES string of the molecule is NC(CCC(=O)NCCOCCOCCOCc1cn[nH]n1)(CCC(=O)NCCOCCOCCOCc1cn[nH]n1)CCC(=O)NCCOCCOCCOCc1cn[nH]n1. The topological polar surface area (TPSA) is 321 Å². The standard InChI is InChI=1S/C37H65N13O12/c38-37(4-1-34(51)39-7-10-54-13-16-57-19-22-60-28-31-25-42-48-45-31,5-2-35(52)40-8-11-55-14-17-58-20-23-61-29-32-26-43-49-46-32)6-3-36(53)41-9-12-56-15-18-59-21-24-62-30-33-27-44-50-47-33/h25-27H,1-24,28-30,38H2,(H,39,51)(H,40,52)(H,41,53)(H,42,45,48)(H,43,46,49)(H,44,47,50). The van der Waals surface area contributed by atoms with Crippen LogP contribution in [0.5, 0.6) is 0 Å².